The molecule has 0 bridgehead atoms. The zero-order chi connectivity index (χ0) is 12.3. The van der Waals surface area contributed by atoms with Crippen LogP contribution in [0.1, 0.15) is 37.1 Å². The van der Waals surface area contributed by atoms with Gasteiger partial charge in [0, 0.05) is 24.5 Å². The molecule has 1 fully saturated rings. The van der Waals surface area contributed by atoms with E-state index in [4.69, 9.17) is 0 Å². The van der Waals surface area contributed by atoms with Crippen LogP contribution in [0, 0.1) is 6.92 Å². The first-order valence-corrected chi connectivity index (χ1v) is 6.32. The van der Waals surface area contributed by atoms with E-state index >= 15 is 0 Å². The summed E-state index contributed by atoms with van der Waals surface area (Å²) in [7, 11) is 2.02. The number of aryl methyl sites for hydroxylation is 1. The van der Waals surface area contributed by atoms with Gasteiger partial charge in [-0.2, -0.15) is 0 Å². The minimum Gasteiger partial charge on any atom is -0.350 e. The lowest BCUT2D eigenvalue weighted by Gasteiger charge is -2.13. The maximum atomic E-state index is 11.7. The molecule has 0 saturated heterocycles. The van der Waals surface area contributed by atoms with Crippen LogP contribution < -0.4 is 10.6 Å². The van der Waals surface area contributed by atoms with Gasteiger partial charge in [-0.25, -0.2) is 4.79 Å². The van der Waals surface area contributed by atoms with E-state index in [1.54, 1.807) is 0 Å². The Morgan fingerprint density at radius 1 is 1.41 bits per heavy atom. The van der Waals surface area contributed by atoms with Crippen molar-refractivity contribution in [2.24, 2.45) is 7.05 Å². The van der Waals surface area contributed by atoms with Crippen LogP contribution >= 0.6 is 0 Å². The van der Waals surface area contributed by atoms with Crippen molar-refractivity contribution in [3.05, 3.63) is 23.5 Å². The second-order valence-electron chi connectivity index (χ2n) is 4.83. The fourth-order valence-electron chi connectivity index (χ4n) is 2.32. The molecule has 0 unspecified atom stereocenters. The van der Waals surface area contributed by atoms with Crippen LogP contribution in [0.4, 0.5) is 4.79 Å². The highest BCUT2D eigenvalue weighted by atomic mass is 16.2. The van der Waals surface area contributed by atoms with Crippen molar-refractivity contribution < 1.29 is 4.79 Å². The van der Waals surface area contributed by atoms with Crippen LogP contribution in [0.5, 0.6) is 0 Å². The number of carbonyl (C=O) groups is 1. The van der Waals surface area contributed by atoms with Crippen LogP contribution in [0.25, 0.3) is 0 Å². The fourth-order valence-corrected chi connectivity index (χ4v) is 2.32. The topological polar surface area (TPSA) is 46.1 Å². The smallest absolute Gasteiger partial charge is 0.315 e. The van der Waals surface area contributed by atoms with Crippen LogP contribution in [0.2, 0.25) is 0 Å². The lowest BCUT2D eigenvalue weighted by Crippen LogP contribution is -2.40. The monoisotopic (exact) mass is 235 g/mol. The van der Waals surface area contributed by atoms with E-state index in [1.807, 2.05) is 13.1 Å². The average molecular weight is 235 g/mol. The fraction of sp³-hybridized carbons (Fsp3) is 0.615. The zero-order valence-corrected chi connectivity index (χ0v) is 10.6. The Morgan fingerprint density at radius 2 is 2.12 bits per heavy atom. The highest BCUT2D eigenvalue weighted by molar-refractivity contribution is 5.74. The Labute approximate surface area is 102 Å². The molecule has 0 atom stereocenters. The Hall–Kier alpha value is -1.45. The quantitative estimate of drug-likeness (QED) is 0.827. The van der Waals surface area contributed by atoms with Gasteiger partial charge in [0.2, 0.25) is 0 Å². The Bertz CT molecular complexity index is 391. The second kappa shape index (κ2) is 5.25. The minimum absolute atomic E-state index is 0.0456. The van der Waals surface area contributed by atoms with E-state index in [1.165, 1.54) is 18.5 Å². The van der Waals surface area contributed by atoms with Gasteiger partial charge in [-0.15, -0.1) is 0 Å². The second-order valence-corrected chi connectivity index (χ2v) is 4.83. The molecule has 0 radical (unpaired) electrons. The summed E-state index contributed by atoms with van der Waals surface area (Å²) in [6, 6.07) is 4.44. The molecule has 0 spiro atoms. The molecular formula is C13H21N3O. The maximum Gasteiger partial charge on any atom is 0.315 e. The number of urea groups is 1. The Kier molecular flexibility index (Phi) is 3.71. The Morgan fingerprint density at radius 3 is 2.71 bits per heavy atom. The van der Waals surface area contributed by atoms with Crippen LogP contribution in [0.3, 0.4) is 0 Å². The number of hydrogen-bond donors (Lipinski definition) is 2. The van der Waals surface area contributed by atoms with Crippen molar-refractivity contribution in [3.63, 3.8) is 0 Å². The van der Waals surface area contributed by atoms with Crippen molar-refractivity contribution in [2.45, 2.75) is 45.2 Å². The van der Waals surface area contributed by atoms with E-state index in [0.29, 0.717) is 12.6 Å². The van der Waals surface area contributed by atoms with Gasteiger partial charge in [0.05, 0.1) is 6.54 Å². The lowest BCUT2D eigenvalue weighted by molar-refractivity contribution is 0.236. The summed E-state index contributed by atoms with van der Waals surface area (Å²) in [5.74, 6) is 0. The molecule has 1 aliphatic rings. The average Bonchev–Trinajstić information content (AvgIpc) is 2.90. The van der Waals surface area contributed by atoms with Gasteiger partial charge in [0.25, 0.3) is 0 Å². The molecule has 1 aliphatic carbocycles. The van der Waals surface area contributed by atoms with Gasteiger partial charge in [-0.05, 0) is 31.9 Å². The highest BCUT2D eigenvalue weighted by Gasteiger charge is 2.16. The molecule has 2 rings (SSSR count). The summed E-state index contributed by atoms with van der Waals surface area (Å²) in [5, 5.41) is 5.93. The zero-order valence-electron chi connectivity index (χ0n) is 10.6. The summed E-state index contributed by atoms with van der Waals surface area (Å²) in [6.45, 7) is 2.64. The highest BCUT2D eigenvalue weighted by Crippen LogP contribution is 2.17. The van der Waals surface area contributed by atoms with Crippen molar-refractivity contribution in [3.8, 4) is 0 Å². The van der Waals surface area contributed by atoms with Gasteiger partial charge in [-0.3, -0.25) is 0 Å². The molecule has 2 N–H and O–H groups in total. The van der Waals surface area contributed by atoms with Crippen molar-refractivity contribution >= 4 is 6.03 Å². The van der Waals surface area contributed by atoms with Crippen LogP contribution in [0.15, 0.2) is 12.1 Å². The summed E-state index contributed by atoms with van der Waals surface area (Å²) >= 11 is 0. The molecule has 2 amide bonds. The van der Waals surface area contributed by atoms with Crippen LogP contribution in [-0.4, -0.2) is 16.6 Å². The first-order chi connectivity index (χ1) is 8.16. The predicted molar refractivity (Wildman–Crippen MR) is 67.8 cm³/mol. The molecule has 1 aromatic heterocycles. The number of rotatable bonds is 3. The molecule has 94 valence electrons. The Balaban J connectivity index is 1.77. The minimum atomic E-state index is -0.0456. The number of nitrogens with one attached hydrogen (secondary N) is 2. The molecule has 1 aromatic rings. The van der Waals surface area contributed by atoms with Crippen molar-refractivity contribution in [1.82, 2.24) is 15.2 Å². The standard InChI is InChI=1S/C13H21N3O/c1-10-7-8-12(16(10)2)9-14-13(17)15-11-5-3-4-6-11/h7-8,11H,3-6,9H2,1-2H3,(H2,14,15,17). The van der Waals surface area contributed by atoms with Crippen molar-refractivity contribution in [2.75, 3.05) is 0 Å². The lowest BCUT2D eigenvalue weighted by atomic mass is 10.2. The van der Waals surface area contributed by atoms with Gasteiger partial charge in [0.15, 0.2) is 0 Å². The SMILES string of the molecule is Cc1ccc(CNC(=O)NC2CCCC2)n1C. The number of amides is 2. The molecule has 0 aromatic carbocycles. The van der Waals surface area contributed by atoms with Gasteiger partial charge < -0.3 is 15.2 Å². The number of nitrogens with zero attached hydrogens (tertiary/aromatic N) is 1. The molecular weight excluding hydrogens is 214 g/mol. The number of carbonyl (C=O) groups excluding carboxylic acids is 1. The van der Waals surface area contributed by atoms with E-state index < -0.39 is 0 Å². The molecule has 4 heteroatoms. The van der Waals surface area contributed by atoms with E-state index in [2.05, 4.69) is 28.2 Å². The third-order valence-electron chi connectivity index (χ3n) is 3.60. The molecule has 1 heterocycles. The normalized spacial score (nSPS) is 16.1. The van der Waals surface area contributed by atoms with Gasteiger partial charge in [-0.1, -0.05) is 12.8 Å². The van der Waals surface area contributed by atoms with E-state index in [-0.39, 0.29) is 6.03 Å². The first-order valence-electron chi connectivity index (χ1n) is 6.32. The first kappa shape index (κ1) is 12.0. The predicted octanol–water partition coefficient (Wildman–Crippen LogP) is 2.08. The summed E-state index contributed by atoms with van der Waals surface area (Å²) in [4.78, 5) is 11.7. The summed E-state index contributed by atoms with van der Waals surface area (Å²) in [5.41, 5.74) is 2.34. The third-order valence-corrected chi connectivity index (χ3v) is 3.60. The van der Waals surface area contributed by atoms with Gasteiger partial charge in [0.1, 0.15) is 0 Å². The van der Waals surface area contributed by atoms with E-state index in [9.17, 15) is 4.79 Å². The molecule has 4 nitrogen and oxygen atoms in total. The molecule has 1 saturated carbocycles. The van der Waals surface area contributed by atoms with Gasteiger partial charge >= 0.3 is 6.03 Å². The molecule has 17 heavy (non-hydrogen) atoms. The van der Waals surface area contributed by atoms with E-state index in [0.717, 1.165) is 18.5 Å². The summed E-state index contributed by atoms with van der Waals surface area (Å²) < 4.78 is 2.09. The number of aromatic nitrogens is 1. The van der Waals surface area contributed by atoms with Crippen LogP contribution in [-0.2, 0) is 13.6 Å². The largest absolute Gasteiger partial charge is 0.350 e. The third kappa shape index (κ3) is 3.02. The number of hydrogen-bond acceptors (Lipinski definition) is 1. The van der Waals surface area contributed by atoms with Crippen molar-refractivity contribution in [1.29, 1.82) is 0 Å². The summed E-state index contributed by atoms with van der Waals surface area (Å²) in [6.07, 6.45) is 4.72. The molecule has 0 aliphatic heterocycles. The maximum absolute atomic E-state index is 11.7.